The molecule has 9 heteroatoms. The molecular formula is C27H23FN4O2S2. The van der Waals surface area contributed by atoms with Crippen molar-refractivity contribution in [3.05, 3.63) is 95.6 Å². The summed E-state index contributed by atoms with van der Waals surface area (Å²) in [5.41, 5.74) is 1.43. The molecule has 2 spiro atoms. The Labute approximate surface area is 218 Å². The average Bonchev–Trinajstić information content (AvgIpc) is 3.38. The van der Waals surface area contributed by atoms with E-state index in [0.29, 0.717) is 28.7 Å². The predicted molar refractivity (Wildman–Crippen MR) is 141 cm³/mol. The van der Waals surface area contributed by atoms with Gasteiger partial charge in [0.05, 0.1) is 6.54 Å². The van der Waals surface area contributed by atoms with Gasteiger partial charge >= 0.3 is 0 Å². The number of carbonyl (C=O) groups is 2. The number of likely N-dealkylation sites (tertiary alicyclic amines) is 1. The molecule has 0 radical (unpaired) electrons. The highest BCUT2D eigenvalue weighted by molar-refractivity contribution is 8.25. The van der Waals surface area contributed by atoms with E-state index in [1.54, 1.807) is 30.4 Å². The Morgan fingerprint density at radius 3 is 2.58 bits per heavy atom. The molecule has 2 fully saturated rings. The summed E-state index contributed by atoms with van der Waals surface area (Å²) in [5, 5.41) is 0. The lowest BCUT2D eigenvalue weighted by Gasteiger charge is -2.42. The summed E-state index contributed by atoms with van der Waals surface area (Å²) in [4.78, 5) is 38.3. The van der Waals surface area contributed by atoms with Crippen LogP contribution in [-0.2, 0) is 21.7 Å². The smallest absolute Gasteiger partial charge is 0.254 e. The van der Waals surface area contributed by atoms with Crippen LogP contribution >= 0.6 is 24.0 Å². The minimum absolute atomic E-state index is 0.238. The number of carbonyl (C=O) groups excluding carboxylic acids is 2. The maximum absolute atomic E-state index is 14.7. The van der Waals surface area contributed by atoms with E-state index in [-0.39, 0.29) is 11.8 Å². The summed E-state index contributed by atoms with van der Waals surface area (Å²) in [6.45, 7) is 0.703. The second-order valence-corrected chi connectivity index (χ2v) is 11.3. The van der Waals surface area contributed by atoms with Crippen LogP contribution in [0.15, 0.2) is 73.1 Å². The van der Waals surface area contributed by atoms with Gasteiger partial charge in [-0.2, -0.15) is 0 Å². The molecule has 0 bridgehead atoms. The largest absolute Gasteiger partial charge is 0.313 e. The molecule has 0 saturated carbocycles. The van der Waals surface area contributed by atoms with Crippen molar-refractivity contribution < 1.29 is 14.0 Å². The zero-order valence-electron chi connectivity index (χ0n) is 19.7. The van der Waals surface area contributed by atoms with E-state index in [2.05, 4.69) is 4.98 Å². The number of pyridine rings is 1. The maximum atomic E-state index is 14.7. The normalized spacial score (nSPS) is 27.6. The van der Waals surface area contributed by atoms with Crippen LogP contribution in [-0.4, -0.2) is 56.3 Å². The summed E-state index contributed by atoms with van der Waals surface area (Å²) in [7, 11) is 3.51. The van der Waals surface area contributed by atoms with Gasteiger partial charge in [0.1, 0.15) is 14.9 Å². The highest BCUT2D eigenvalue weighted by atomic mass is 32.2. The molecule has 0 N–H and O–H groups in total. The summed E-state index contributed by atoms with van der Waals surface area (Å²) in [6.07, 6.45) is 3.42. The van der Waals surface area contributed by atoms with Crippen molar-refractivity contribution in [2.75, 3.05) is 25.5 Å². The molecule has 3 aromatic rings. The Hall–Kier alpha value is -3.14. The van der Waals surface area contributed by atoms with Crippen molar-refractivity contribution >= 4 is 45.8 Å². The van der Waals surface area contributed by atoms with Gasteiger partial charge in [-0.25, -0.2) is 4.39 Å². The van der Waals surface area contributed by atoms with Crippen molar-refractivity contribution in [3.63, 3.8) is 0 Å². The summed E-state index contributed by atoms with van der Waals surface area (Å²) in [6, 6.07) is 17.8. The van der Waals surface area contributed by atoms with Gasteiger partial charge in [-0.05, 0) is 42.4 Å². The molecule has 2 amide bonds. The first-order valence-corrected chi connectivity index (χ1v) is 12.8. The summed E-state index contributed by atoms with van der Waals surface area (Å²) >= 11 is 7.07. The number of rotatable bonds is 3. The molecule has 1 aromatic heterocycles. The molecule has 36 heavy (non-hydrogen) atoms. The van der Waals surface area contributed by atoms with Crippen LogP contribution in [0.1, 0.15) is 22.6 Å². The third-order valence-electron chi connectivity index (χ3n) is 7.68. The Balaban J connectivity index is 1.60. The topological polar surface area (TPSA) is 56.8 Å². The van der Waals surface area contributed by atoms with E-state index in [1.807, 2.05) is 54.4 Å². The van der Waals surface area contributed by atoms with Crippen LogP contribution in [0, 0.1) is 5.82 Å². The number of nitrogens with zero attached hydrogens (tertiary/aromatic N) is 4. The van der Waals surface area contributed by atoms with Crippen LogP contribution in [0.4, 0.5) is 10.1 Å². The van der Waals surface area contributed by atoms with Crippen LogP contribution in [0.25, 0.3) is 0 Å². The number of halogens is 1. The lowest BCUT2D eigenvalue weighted by atomic mass is 9.72. The number of thioether (sulfide) groups is 1. The van der Waals surface area contributed by atoms with Crippen LogP contribution in [0.2, 0.25) is 0 Å². The maximum Gasteiger partial charge on any atom is 0.254 e. The van der Waals surface area contributed by atoms with Crippen LogP contribution in [0.5, 0.6) is 0 Å². The summed E-state index contributed by atoms with van der Waals surface area (Å²) in [5.74, 6) is -1.36. The van der Waals surface area contributed by atoms with Crippen molar-refractivity contribution in [1.82, 2.24) is 14.8 Å². The average molecular weight is 519 g/mol. The third kappa shape index (κ3) is 2.87. The van der Waals surface area contributed by atoms with Gasteiger partial charge in [0.2, 0.25) is 5.91 Å². The van der Waals surface area contributed by atoms with Crippen molar-refractivity contribution in [1.29, 1.82) is 0 Å². The fraction of sp³-hybridized carbons (Fsp3) is 0.259. The number of hydrogen-bond donors (Lipinski definition) is 0. The number of fused-ring (bicyclic) bond motifs is 3. The number of anilines is 1. The molecule has 6 rings (SSSR count). The zero-order chi connectivity index (χ0) is 25.2. The van der Waals surface area contributed by atoms with Gasteiger partial charge in [0.25, 0.3) is 5.91 Å². The molecule has 2 aromatic carbocycles. The van der Waals surface area contributed by atoms with E-state index in [1.165, 1.54) is 28.8 Å². The number of likely N-dealkylation sites (N-methyl/N-ethyl adjacent to an activating group) is 2. The molecule has 182 valence electrons. The SMILES string of the molecule is CN1C(=O)C2(c3cc(F)ccc31)N(C)CC(c1cccnc1)C21SC(=S)N(Cc2ccccc2)C1=O. The highest BCUT2D eigenvalue weighted by Crippen LogP contribution is 2.66. The van der Waals surface area contributed by atoms with Crippen LogP contribution < -0.4 is 4.90 Å². The number of thiocarbonyl (C=S) groups is 1. The molecule has 3 atom stereocenters. The standard InChI is InChI=1S/C27H23FN4O2S2/c1-30-16-21(18-9-6-12-29-14-18)27(24(34)32(25(35)36-27)15-17-7-4-3-5-8-17)26(30)20-13-19(28)10-11-22(20)31(2)23(26)33/h3-14,21H,15-16H2,1-2H3. The van der Waals surface area contributed by atoms with Gasteiger partial charge in [-0.3, -0.25) is 24.4 Å². The first-order chi connectivity index (χ1) is 17.3. The molecular weight excluding hydrogens is 495 g/mol. The molecule has 3 aliphatic heterocycles. The minimum atomic E-state index is -1.43. The fourth-order valence-corrected chi connectivity index (χ4v) is 8.28. The van der Waals surface area contributed by atoms with E-state index in [0.717, 1.165) is 11.1 Å². The van der Waals surface area contributed by atoms with Crippen molar-refractivity contribution in [3.8, 4) is 0 Å². The third-order valence-corrected chi connectivity index (χ3v) is 9.62. The van der Waals surface area contributed by atoms with E-state index < -0.39 is 22.0 Å². The monoisotopic (exact) mass is 518 g/mol. The van der Waals surface area contributed by atoms with Crippen molar-refractivity contribution in [2.24, 2.45) is 0 Å². The van der Waals surface area contributed by atoms with E-state index >= 15 is 0 Å². The van der Waals surface area contributed by atoms with Gasteiger partial charge in [-0.1, -0.05) is 60.4 Å². The molecule has 3 unspecified atom stereocenters. The highest BCUT2D eigenvalue weighted by Gasteiger charge is 2.78. The van der Waals surface area contributed by atoms with Gasteiger partial charge in [-0.15, -0.1) is 0 Å². The van der Waals surface area contributed by atoms with E-state index in [9.17, 15) is 14.0 Å². The first-order valence-electron chi connectivity index (χ1n) is 11.6. The molecule has 0 aliphatic carbocycles. The van der Waals surface area contributed by atoms with Crippen LogP contribution in [0.3, 0.4) is 0 Å². The second-order valence-electron chi connectivity index (χ2n) is 9.44. The van der Waals surface area contributed by atoms with Gasteiger partial charge in [0.15, 0.2) is 5.54 Å². The first kappa shape index (κ1) is 23.3. The fourth-order valence-electron chi connectivity index (χ4n) is 6.15. The Morgan fingerprint density at radius 1 is 1.08 bits per heavy atom. The number of aromatic nitrogens is 1. The van der Waals surface area contributed by atoms with Crippen molar-refractivity contribution in [2.45, 2.75) is 22.7 Å². The Morgan fingerprint density at radius 2 is 1.86 bits per heavy atom. The molecule has 2 saturated heterocycles. The number of hydrogen-bond acceptors (Lipinski definition) is 6. The summed E-state index contributed by atoms with van der Waals surface area (Å²) < 4.78 is 13.8. The van der Waals surface area contributed by atoms with E-state index in [4.69, 9.17) is 12.2 Å². The quantitative estimate of drug-likeness (QED) is 0.490. The lowest BCUT2D eigenvalue weighted by molar-refractivity contribution is -0.139. The van der Waals surface area contributed by atoms with Gasteiger partial charge in [0, 0.05) is 43.2 Å². The number of benzene rings is 2. The molecule has 6 nitrogen and oxygen atoms in total. The minimum Gasteiger partial charge on any atom is -0.313 e. The molecule has 3 aliphatic rings. The Bertz CT molecular complexity index is 1410. The lowest BCUT2D eigenvalue weighted by Crippen LogP contribution is -2.62. The molecule has 4 heterocycles. The van der Waals surface area contributed by atoms with Gasteiger partial charge < -0.3 is 4.90 Å². The second kappa shape index (κ2) is 8.19. The Kier molecular flexibility index (Phi) is 5.30. The predicted octanol–water partition coefficient (Wildman–Crippen LogP) is 3.92. The number of amides is 2. The zero-order valence-corrected chi connectivity index (χ0v) is 21.4.